The molecule has 1 aromatic carbocycles. The van der Waals surface area contributed by atoms with Gasteiger partial charge in [-0.05, 0) is 43.4 Å². The van der Waals surface area contributed by atoms with Gasteiger partial charge in [-0.3, -0.25) is 4.90 Å². The molecule has 1 saturated heterocycles. The predicted molar refractivity (Wildman–Crippen MR) is 94.4 cm³/mol. The van der Waals surface area contributed by atoms with Crippen LogP contribution in [0.25, 0.3) is 0 Å². The lowest BCUT2D eigenvalue weighted by molar-refractivity contribution is 0.0834. The normalized spacial score (nSPS) is 20.5. The highest BCUT2D eigenvalue weighted by molar-refractivity contribution is 6.32. The van der Waals surface area contributed by atoms with Crippen LogP contribution in [-0.4, -0.2) is 37.7 Å². The van der Waals surface area contributed by atoms with Crippen molar-refractivity contribution in [2.75, 3.05) is 32.8 Å². The first kappa shape index (κ1) is 18.8. The van der Waals surface area contributed by atoms with Crippen molar-refractivity contribution in [3.8, 4) is 5.75 Å². The summed E-state index contributed by atoms with van der Waals surface area (Å²) in [6, 6.07) is 3.81. The van der Waals surface area contributed by atoms with Crippen molar-refractivity contribution < 1.29 is 9.13 Å². The van der Waals surface area contributed by atoms with Gasteiger partial charge in [-0.1, -0.05) is 18.0 Å². The van der Waals surface area contributed by atoms with Crippen molar-refractivity contribution in [2.24, 2.45) is 5.92 Å². The molecule has 1 aromatic rings. The summed E-state index contributed by atoms with van der Waals surface area (Å²) in [6.07, 6.45) is 3.72. The van der Waals surface area contributed by atoms with Gasteiger partial charge in [0.05, 0.1) is 11.6 Å². The van der Waals surface area contributed by atoms with Gasteiger partial charge >= 0.3 is 0 Å². The standard InChI is InChI=1S/C17H24ClFN2O.ClH/c1-2-22-17-14(18)10-13(11-15(17)19)16(12-4-3-5-12)21-8-6-20-7-9-21;/h10-12,16,20H,2-9H2,1H3;1H/t16-;/m0./s1. The zero-order valence-electron chi connectivity index (χ0n) is 13.5. The monoisotopic (exact) mass is 362 g/mol. The molecule has 130 valence electrons. The maximum atomic E-state index is 14.4. The first-order valence-corrected chi connectivity index (χ1v) is 8.65. The Labute approximate surface area is 148 Å². The molecule has 0 unspecified atom stereocenters. The summed E-state index contributed by atoms with van der Waals surface area (Å²) >= 11 is 6.27. The maximum absolute atomic E-state index is 14.4. The maximum Gasteiger partial charge on any atom is 0.173 e. The molecule has 1 saturated carbocycles. The molecule has 0 bridgehead atoms. The second kappa shape index (κ2) is 8.52. The number of hydrogen-bond donors (Lipinski definition) is 1. The molecule has 2 fully saturated rings. The fraction of sp³-hybridized carbons (Fsp3) is 0.647. The lowest BCUT2D eigenvalue weighted by atomic mass is 9.76. The summed E-state index contributed by atoms with van der Waals surface area (Å²) < 4.78 is 19.7. The molecule has 0 spiro atoms. The highest BCUT2D eigenvalue weighted by Crippen LogP contribution is 2.43. The zero-order valence-corrected chi connectivity index (χ0v) is 15.1. The van der Waals surface area contributed by atoms with E-state index >= 15 is 0 Å². The Bertz CT molecular complexity index is 496. The zero-order chi connectivity index (χ0) is 15.5. The van der Waals surface area contributed by atoms with Crippen LogP contribution >= 0.6 is 24.0 Å². The molecule has 3 rings (SSSR count). The summed E-state index contributed by atoms with van der Waals surface area (Å²) in [4.78, 5) is 2.48. The number of nitrogens with zero attached hydrogens (tertiary/aromatic N) is 1. The largest absolute Gasteiger partial charge is 0.489 e. The van der Waals surface area contributed by atoms with E-state index in [0.29, 0.717) is 17.5 Å². The van der Waals surface area contributed by atoms with E-state index in [1.54, 1.807) is 6.07 Å². The molecule has 6 heteroatoms. The van der Waals surface area contributed by atoms with Gasteiger partial charge in [0.25, 0.3) is 0 Å². The van der Waals surface area contributed by atoms with Crippen LogP contribution < -0.4 is 10.1 Å². The minimum atomic E-state index is -0.344. The summed E-state index contributed by atoms with van der Waals surface area (Å²) in [5.41, 5.74) is 0.998. The Kier molecular flexibility index (Phi) is 6.96. The first-order chi connectivity index (χ1) is 10.7. The van der Waals surface area contributed by atoms with E-state index < -0.39 is 0 Å². The SMILES string of the molecule is CCOc1c(F)cc([C@H](C2CCC2)N2CCNCC2)cc1Cl.Cl. The third-order valence-corrected chi connectivity index (χ3v) is 5.07. The molecule has 1 aliphatic carbocycles. The fourth-order valence-electron chi connectivity index (χ4n) is 3.53. The predicted octanol–water partition coefficient (Wildman–Crippen LogP) is 4.05. The summed E-state index contributed by atoms with van der Waals surface area (Å²) in [5, 5.41) is 3.77. The minimum Gasteiger partial charge on any atom is -0.489 e. The lowest BCUT2D eigenvalue weighted by Crippen LogP contribution is -2.47. The van der Waals surface area contributed by atoms with Gasteiger partial charge in [-0.15, -0.1) is 12.4 Å². The van der Waals surface area contributed by atoms with E-state index in [1.807, 2.05) is 13.0 Å². The molecule has 1 heterocycles. The topological polar surface area (TPSA) is 24.5 Å². The number of halogens is 3. The Balaban J connectivity index is 0.00000192. The van der Waals surface area contributed by atoms with Crippen LogP contribution in [-0.2, 0) is 0 Å². The molecule has 0 radical (unpaired) electrons. The van der Waals surface area contributed by atoms with Gasteiger partial charge in [0.1, 0.15) is 0 Å². The van der Waals surface area contributed by atoms with Crippen LogP contribution in [0.5, 0.6) is 5.75 Å². The van der Waals surface area contributed by atoms with Crippen molar-refractivity contribution >= 4 is 24.0 Å². The molecule has 23 heavy (non-hydrogen) atoms. The molecular weight excluding hydrogens is 338 g/mol. The Morgan fingerprint density at radius 1 is 1.35 bits per heavy atom. The lowest BCUT2D eigenvalue weighted by Gasteiger charge is -2.43. The second-order valence-electron chi connectivity index (χ2n) is 6.17. The van der Waals surface area contributed by atoms with Gasteiger partial charge in [0, 0.05) is 32.2 Å². The average Bonchev–Trinajstić information content (AvgIpc) is 2.47. The molecule has 2 aliphatic rings. The van der Waals surface area contributed by atoms with Gasteiger partial charge < -0.3 is 10.1 Å². The molecule has 3 nitrogen and oxygen atoms in total. The number of piperazine rings is 1. The van der Waals surface area contributed by atoms with Crippen LogP contribution in [0, 0.1) is 11.7 Å². The summed E-state index contributed by atoms with van der Waals surface area (Å²) in [5.74, 6) is 0.455. The highest BCUT2D eigenvalue weighted by Gasteiger charge is 2.34. The van der Waals surface area contributed by atoms with Crippen molar-refractivity contribution in [3.63, 3.8) is 0 Å². The first-order valence-electron chi connectivity index (χ1n) is 8.27. The van der Waals surface area contributed by atoms with E-state index in [2.05, 4.69) is 10.2 Å². The van der Waals surface area contributed by atoms with Gasteiger partial charge in [0.15, 0.2) is 11.6 Å². The van der Waals surface area contributed by atoms with Crippen molar-refractivity contribution in [2.45, 2.75) is 32.2 Å². The molecule has 0 amide bonds. The Morgan fingerprint density at radius 3 is 2.57 bits per heavy atom. The number of nitrogens with one attached hydrogen (secondary N) is 1. The average molecular weight is 363 g/mol. The van der Waals surface area contributed by atoms with Crippen LogP contribution in [0.1, 0.15) is 37.8 Å². The van der Waals surface area contributed by atoms with E-state index in [1.165, 1.54) is 19.3 Å². The van der Waals surface area contributed by atoms with Crippen LogP contribution in [0.15, 0.2) is 12.1 Å². The quantitative estimate of drug-likeness (QED) is 0.854. The molecular formula is C17H25Cl2FN2O. The number of rotatable bonds is 5. The van der Waals surface area contributed by atoms with Crippen LogP contribution in [0.2, 0.25) is 5.02 Å². The van der Waals surface area contributed by atoms with Crippen molar-refractivity contribution in [1.29, 1.82) is 0 Å². The number of benzene rings is 1. The number of hydrogen-bond acceptors (Lipinski definition) is 3. The third kappa shape index (κ3) is 4.11. The minimum absolute atomic E-state index is 0. The van der Waals surface area contributed by atoms with E-state index in [4.69, 9.17) is 16.3 Å². The van der Waals surface area contributed by atoms with Gasteiger partial charge in [0.2, 0.25) is 0 Å². The third-order valence-electron chi connectivity index (χ3n) is 4.79. The highest BCUT2D eigenvalue weighted by atomic mass is 35.5. The van der Waals surface area contributed by atoms with Crippen molar-refractivity contribution in [3.05, 3.63) is 28.5 Å². The van der Waals surface area contributed by atoms with Crippen molar-refractivity contribution in [1.82, 2.24) is 10.2 Å². The second-order valence-corrected chi connectivity index (χ2v) is 6.58. The smallest absolute Gasteiger partial charge is 0.173 e. The van der Waals surface area contributed by atoms with Crippen LogP contribution in [0.3, 0.4) is 0 Å². The van der Waals surface area contributed by atoms with Gasteiger partial charge in [-0.2, -0.15) is 0 Å². The molecule has 1 atom stereocenters. The van der Waals surface area contributed by atoms with Gasteiger partial charge in [-0.25, -0.2) is 4.39 Å². The van der Waals surface area contributed by atoms with E-state index in [0.717, 1.165) is 31.7 Å². The summed E-state index contributed by atoms with van der Waals surface area (Å²) in [6.45, 7) is 6.26. The fourth-order valence-corrected chi connectivity index (χ4v) is 3.80. The van der Waals surface area contributed by atoms with E-state index in [-0.39, 0.29) is 30.0 Å². The Hall–Kier alpha value is -0.550. The number of ether oxygens (including phenoxy) is 1. The van der Waals surface area contributed by atoms with E-state index in [9.17, 15) is 4.39 Å². The van der Waals surface area contributed by atoms with Crippen LogP contribution in [0.4, 0.5) is 4.39 Å². The molecule has 1 aliphatic heterocycles. The molecule has 0 aromatic heterocycles. The molecule has 1 N–H and O–H groups in total. The Morgan fingerprint density at radius 2 is 2.04 bits per heavy atom. The summed E-state index contributed by atoms with van der Waals surface area (Å²) in [7, 11) is 0.